The third-order valence-electron chi connectivity index (χ3n) is 5.02. The molecule has 1 heterocycles. The minimum atomic E-state index is 0.00343. The normalized spacial score (nSPS) is 21.4. The summed E-state index contributed by atoms with van der Waals surface area (Å²) in [6.07, 6.45) is 4.98. The topological polar surface area (TPSA) is 29.3 Å². The van der Waals surface area contributed by atoms with Gasteiger partial charge in [-0.3, -0.25) is 4.90 Å². The van der Waals surface area contributed by atoms with Crippen LogP contribution < -0.4 is 5.73 Å². The van der Waals surface area contributed by atoms with E-state index < -0.39 is 0 Å². The van der Waals surface area contributed by atoms with Crippen LogP contribution in [0, 0.1) is 6.92 Å². The van der Waals surface area contributed by atoms with Crippen LogP contribution in [0.5, 0.6) is 0 Å². The second-order valence-electron chi connectivity index (χ2n) is 6.24. The lowest BCUT2D eigenvalue weighted by Crippen LogP contribution is -2.54. The van der Waals surface area contributed by atoms with Gasteiger partial charge in [0.15, 0.2) is 0 Å². The Balaban J connectivity index is 2.26. The molecule has 2 unspecified atom stereocenters. The molecule has 2 N–H and O–H groups in total. The first-order chi connectivity index (χ1) is 9.49. The van der Waals surface area contributed by atoms with E-state index in [-0.39, 0.29) is 11.6 Å². The van der Waals surface area contributed by atoms with Crippen molar-refractivity contribution in [2.24, 2.45) is 5.73 Å². The van der Waals surface area contributed by atoms with Crippen molar-refractivity contribution in [2.45, 2.75) is 58.0 Å². The van der Waals surface area contributed by atoms with Gasteiger partial charge >= 0.3 is 0 Å². The van der Waals surface area contributed by atoms with E-state index in [1.165, 1.54) is 19.3 Å². The van der Waals surface area contributed by atoms with Crippen molar-refractivity contribution in [3.63, 3.8) is 0 Å². The van der Waals surface area contributed by atoms with Gasteiger partial charge in [0.05, 0.1) is 0 Å². The molecule has 20 heavy (non-hydrogen) atoms. The van der Waals surface area contributed by atoms with E-state index in [4.69, 9.17) is 17.3 Å². The number of benzene rings is 1. The third kappa shape index (κ3) is 3.03. The first-order valence-electron chi connectivity index (χ1n) is 7.75. The Hall–Kier alpha value is -0.570. The standard InChI is InChI=1S/C17H27ClN2/c1-4-17(3,20-10-6-5-7-11-20)16(19)14-9-8-13(2)15(18)12-14/h8-9,12,16H,4-7,10-11,19H2,1-3H3. The van der Waals surface area contributed by atoms with E-state index in [1.54, 1.807) is 0 Å². The smallest absolute Gasteiger partial charge is 0.0479 e. The summed E-state index contributed by atoms with van der Waals surface area (Å²) in [7, 11) is 0. The minimum absolute atomic E-state index is 0.00343. The summed E-state index contributed by atoms with van der Waals surface area (Å²) in [6, 6.07) is 6.25. The average Bonchev–Trinajstić information content (AvgIpc) is 2.49. The van der Waals surface area contributed by atoms with Gasteiger partial charge in [-0.2, -0.15) is 0 Å². The number of rotatable bonds is 4. The zero-order valence-electron chi connectivity index (χ0n) is 13.0. The molecule has 1 aliphatic heterocycles. The molecule has 1 saturated heterocycles. The number of likely N-dealkylation sites (tertiary alicyclic amines) is 1. The molecule has 0 bridgehead atoms. The summed E-state index contributed by atoms with van der Waals surface area (Å²) in [5.41, 5.74) is 8.91. The fraction of sp³-hybridized carbons (Fsp3) is 0.647. The summed E-state index contributed by atoms with van der Waals surface area (Å²) in [6.45, 7) is 8.90. The highest BCUT2D eigenvalue weighted by Gasteiger charge is 2.37. The van der Waals surface area contributed by atoms with E-state index in [9.17, 15) is 0 Å². The number of hydrogen-bond acceptors (Lipinski definition) is 2. The van der Waals surface area contributed by atoms with Gasteiger partial charge in [-0.1, -0.05) is 37.1 Å². The second kappa shape index (κ2) is 6.46. The first kappa shape index (κ1) is 15.8. The van der Waals surface area contributed by atoms with Crippen LogP contribution in [0.2, 0.25) is 5.02 Å². The summed E-state index contributed by atoms with van der Waals surface area (Å²) in [4.78, 5) is 2.58. The molecule has 2 rings (SSSR count). The maximum atomic E-state index is 6.63. The van der Waals surface area contributed by atoms with Gasteiger partial charge in [0.1, 0.15) is 0 Å². The van der Waals surface area contributed by atoms with Crippen LogP contribution in [0.1, 0.15) is 56.7 Å². The van der Waals surface area contributed by atoms with Crippen molar-refractivity contribution in [3.05, 3.63) is 34.3 Å². The van der Waals surface area contributed by atoms with Crippen LogP contribution in [-0.2, 0) is 0 Å². The van der Waals surface area contributed by atoms with E-state index in [2.05, 4.69) is 30.9 Å². The molecule has 112 valence electrons. The molecule has 1 aliphatic rings. The highest BCUT2D eigenvalue weighted by atomic mass is 35.5. The van der Waals surface area contributed by atoms with Crippen LogP contribution in [0.4, 0.5) is 0 Å². The molecule has 1 aromatic rings. The predicted molar refractivity (Wildman–Crippen MR) is 87.2 cm³/mol. The Morgan fingerprint density at radius 1 is 1.30 bits per heavy atom. The van der Waals surface area contributed by atoms with Crippen molar-refractivity contribution >= 4 is 11.6 Å². The summed E-state index contributed by atoms with van der Waals surface area (Å²) in [5, 5.41) is 0.815. The number of nitrogens with zero attached hydrogens (tertiary/aromatic N) is 1. The second-order valence-corrected chi connectivity index (χ2v) is 6.65. The number of halogens is 1. The third-order valence-corrected chi connectivity index (χ3v) is 5.43. The molecule has 0 radical (unpaired) electrons. The Kier molecular flexibility index (Phi) is 5.11. The molecular weight excluding hydrogens is 268 g/mol. The lowest BCUT2D eigenvalue weighted by molar-refractivity contribution is 0.0543. The fourth-order valence-corrected chi connectivity index (χ4v) is 3.40. The molecule has 0 spiro atoms. The molecule has 3 heteroatoms. The first-order valence-corrected chi connectivity index (χ1v) is 8.13. The number of nitrogens with two attached hydrogens (primary N) is 1. The molecule has 0 aromatic heterocycles. The van der Waals surface area contributed by atoms with Gasteiger partial charge in [-0.05, 0) is 63.4 Å². The highest BCUT2D eigenvalue weighted by Crippen LogP contribution is 2.35. The minimum Gasteiger partial charge on any atom is -0.322 e. The number of hydrogen-bond donors (Lipinski definition) is 1. The van der Waals surface area contributed by atoms with Crippen LogP contribution >= 0.6 is 11.6 Å². The van der Waals surface area contributed by atoms with Gasteiger partial charge < -0.3 is 5.73 Å². The number of piperidine rings is 1. The maximum Gasteiger partial charge on any atom is 0.0479 e. The Morgan fingerprint density at radius 3 is 2.50 bits per heavy atom. The monoisotopic (exact) mass is 294 g/mol. The molecule has 2 nitrogen and oxygen atoms in total. The van der Waals surface area contributed by atoms with Crippen molar-refractivity contribution in [3.8, 4) is 0 Å². The number of aryl methyl sites for hydroxylation is 1. The molecule has 1 aromatic carbocycles. The van der Waals surface area contributed by atoms with Crippen LogP contribution in [0.3, 0.4) is 0 Å². The van der Waals surface area contributed by atoms with Crippen molar-refractivity contribution < 1.29 is 0 Å². The van der Waals surface area contributed by atoms with Gasteiger partial charge in [-0.15, -0.1) is 0 Å². The van der Waals surface area contributed by atoms with Gasteiger partial charge in [0, 0.05) is 16.6 Å². The average molecular weight is 295 g/mol. The summed E-state index contributed by atoms with van der Waals surface area (Å²) >= 11 is 6.27. The summed E-state index contributed by atoms with van der Waals surface area (Å²) in [5.74, 6) is 0. The SMILES string of the molecule is CCC(C)(C(N)c1ccc(C)c(Cl)c1)N1CCCCC1. The fourth-order valence-electron chi connectivity index (χ4n) is 3.21. The predicted octanol–water partition coefficient (Wildman–Crippen LogP) is 4.30. The lowest BCUT2D eigenvalue weighted by Gasteiger charge is -2.47. The van der Waals surface area contributed by atoms with Crippen molar-refractivity contribution in [1.29, 1.82) is 0 Å². The van der Waals surface area contributed by atoms with Gasteiger partial charge in [0.2, 0.25) is 0 Å². The lowest BCUT2D eigenvalue weighted by atomic mass is 9.82. The molecule has 0 saturated carbocycles. The quantitative estimate of drug-likeness (QED) is 0.897. The zero-order chi connectivity index (χ0) is 14.8. The van der Waals surface area contributed by atoms with Crippen LogP contribution in [0.15, 0.2) is 18.2 Å². The van der Waals surface area contributed by atoms with E-state index in [0.29, 0.717) is 0 Å². The molecular formula is C17H27ClN2. The maximum absolute atomic E-state index is 6.63. The molecule has 0 amide bonds. The highest BCUT2D eigenvalue weighted by molar-refractivity contribution is 6.31. The van der Waals surface area contributed by atoms with E-state index in [0.717, 1.165) is 35.7 Å². The van der Waals surface area contributed by atoms with E-state index >= 15 is 0 Å². The van der Waals surface area contributed by atoms with Gasteiger partial charge in [0.25, 0.3) is 0 Å². The molecule has 2 atom stereocenters. The van der Waals surface area contributed by atoms with Crippen molar-refractivity contribution in [1.82, 2.24) is 4.90 Å². The van der Waals surface area contributed by atoms with Crippen LogP contribution in [0.25, 0.3) is 0 Å². The Labute approximate surface area is 128 Å². The largest absolute Gasteiger partial charge is 0.322 e. The summed E-state index contributed by atoms with van der Waals surface area (Å²) < 4.78 is 0. The Morgan fingerprint density at radius 2 is 1.95 bits per heavy atom. The van der Waals surface area contributed by atoms with Crippen molar-refractivity contribution in [2.75, 3.05) is 13.1 Å². The molecule has 0 aliphatic carbocycles. The Bertz CT molecular complexity index is 454. The van der Waals surface area contributed by atoms with Gasteiger partial charge in [-0.25, -0.2) is 0 Å². The van der Waals surface area contributed by atoms with Crippen LogP contribution in [-0.4, -0.2) is 23.5 Å². The zero-order valence-corrected chi connectivity index (χ0v) is 13.7. The molecule has 1 fully saturated rings. The van der Waals surface area contributed by atoms with E-state index in [1.807, 2.05) is 13.0 Å².